The van der Waals surface area contributed by atoms with E-state index in [9.17, 15) is 9.18 Å². The Morgan fingerprint density at radius 3 is 3.12 bits per heavy atom. The fourth-order valence-electron chi connectivity index (χ4n) is 2.35. The quantitative estimate of drug-likeness (QED) is 0.744. The summed E-state index contributed by atoms with van der Waals surface area (Å²) in [6.45, 7) is 0.760. The summed E-state index contributed by atoms with van der Waals surface area (Å²) < 4.78 is 13.4. The Morgan fingerprint density at radius 2 is 2.50 bits per heavy atom. The number of thioether (sulfide) groups is 1. The SMILES string of the molecule is O=C(c1ccncc1F)N1C[C@H]2C[C@H]1CS2. The summed E-state index contributed by atoms with van der Waals surface area (Å²) in [7, 11) is 0. The van der Waals surface area contributed by atoms with Crippen LogP contribution < -0.4 is 0 Å². The maximum absolute atomic E-state index is 13.4. The molecule has 3 heterocycles. The molecular weight excluding hydrogens is 227 g/mol. The number of carbonyl (C=O) groups is 1. The monoisotopic (exact) mass is 238 g/mol. The van der Waals surface area contributed by atoms with Crippen LogP contribution >= 0.6 is 11.8 Å². The molecule has 2 aliphatic rings. The van der Waals surface area contributed by atoms with Gasteiger partial charge in [0, 0.05) is 29.8 Å². The molecule has 16 heavy (non-hydrogen) atoms. The van der Waals surface area contributed by atoms with Gasteiger partial charge in [-0.1, -0.05) is 0 Å². The van der Waals surface area contributed by atoms with Crippen molar-refractivity contribution in [2.45, 2.75) is 17.7 Å². The highest BCUT2D eigenvalue weighted by molar-refractivity contribution is 8.00. The lowest BCUT2D eigenvalue weighted by Crippen LogP contribution is -2.39. The van der Waals surface area contributed by atoms with Gasteiger partial charge in [-0.15, -0.1) is 0 Å². The molecule has 2 atom stereocenters. The van der Waals surface area contributed by atoms with Gasteiger partial charge in [-0.05, 0) is 12.5 Å². The predicted molar refractivity (Wildman–Crippen MR) is 59.9 cm³/mol. The topological polar surface area (TPSA) is 33.2 Å². The molecule has 2 saturated heterocycles. The van der Waals surface area contributed by atoms with Crippen LogP contribution in [0.1, 0.15) is 16.8 Å². The van der Waals surface area contributed by atoms with Crippen LogP contribution in [0.5, 0.6) is 0 Å². The molecule has 5 heteroatoms. The van der Waals surface area contributed by atoms with Gasteiger partial charge in [-0.3, -0.25) is 9.78 Å². The molecule has 1 aromatic rings. The van der Waals surface area contributed by atoms with Crippen molar-refractivity contribution in [3.05, 3.63) is 29.8 Å². The number of aromatic nitrogens is 1. The van der Waals surface area contributed by atoms with Gasteiger partial charge >= 0.3 is 0 Å². The summed E-state index contributed by atoms with van der Waals surface area (Å²) in [5, 5.41) is 0.554. The lowest BCUT2D eigenvalue weighted by Gasteiger charge is -2.26. The Hall–Kier alpha value is -1.10. The number of hydrogen-bond acceptors (Lipinski definition) is 3. The number of rotatable bonds is 1. The second-order valence-electron chi connectivity index (χ2n) is 4.16. The third kappa shape index (κ3) is 1.50. The van der Waals surface area contributed by atoms with Crippen molar-refractivity contribution in [3.63, 3.8) is 0 Å². The second kappa shape index (κ2) is 3.73. The minimum atomic E-state index is -0.525. The molecule has 0 aliphatic carbocycles. The number of amides is 1. The molecule has 2 bridgehead atoms. The van der Waals surface area contributed by atoms with Gasteiger partial charge in [0.15, 0.2) is 5.82 Å². The van der Waals surface area contributed by atoms with Crippen LogP contribution in [0.4, 0.5) is 4.39 Å². The van der Waals surface area contributed by atoms with E-state index in [1.54, 1.807) is 4.90 Å². The largest absolute Gasteiger partial charge is 0.334 e. The molecule has 2 fully saturated rings. The highest BCUT2D eigenvalue weighted by Gasteiger charge is 2.41. The fraction of sp³-hybridized carbons (Fsp3) is 0.455. The van der Waals surface area contributed by atoms with E-state index >= 15 is 0 Å². The summed E-state index contributed by atoms with van der Waals surface area (Å²) in [6.07, 6.45) is 3.61. The highest BCUT2D eigenvalue weighted by Crippen LogP contribution is 2.38. The Balaban J connectivity index is 1.86. The minimum absolute atomic E-state index is 0.146. The molecule has 0 spiro atoms. The first-order valence-corrected chi connectivity index (χ1v) is 6.32. The van der Waals surface area contributed by atoms with Gasteiger partial charge < -0.3 is 4.90 Å². The van der Waals surface area contributed by atoms with Gasteiger partial charge in [0.05, 0.1) is 11.8 Å². The number of pyridine rings is 1. The summed E-state index contributed by atoms with van der Waals surface area (Å²) in [6, 6.07) is 1.76. The lowest BCUT2D eigenvalue weighted by molar-refractivity contribution is 0.0742. The van der Waals surface area contributed by atoms with Crippen LogP contribution in [0.2, 0.25) is 0 Å². The van der Waals surface area contributed by atoms with E-state index in [-0.39, 0.29) is 11.5 Å². The summed E-state index contributed by atoms with van der Waals surface area (Å²) in [5.74, 6) is 0.277. The van der Waals surface area contributed by atoms with Gasteiger partial charge in [0.2, 0.25) is 0 Å². The van der Waals surface area contributed by atoms with Gasteiger partial charge in [0.1, 0.15) is 0 Å². The first kappa shape index (κ1) is 10.1. The van der Waals surface area contributed by atoms with Crippen molar-refractivity contribution >= 4 is 17.7 Å². The van der Waals surface area contributed by atoms with E-state index in [0.717, 1.165) is 24.9 Å². The van der Waals surface area contributed by atoms with Crippen molar-refractivity contribution in [1.82, 2.24) is 9.88 Å². The van der Waals surface area contributed by atoms with Crippen molar-refractivity contribution in [2.75, 3.05) is 12.3 Å². The average molecular weight is 238 g/mol. The van der Waals surface area contributed by atoms with Crippen LogP contribution in [0.15, 0.2) is 18.5 Å². The summed E-state index contributed by atoms with van der Waals surface area (Å²) >= 11 is 1.91. The number of halogens is 1. The summed E-state index contributed by atoms with van der Waals surface area (Å²) in [4.78, 5) is 17.6. The molecule has 0 saturated carbocycles. The number of fused-ring (bicyclic) bond motifs is 2. The third-order valence-electron chi connectivity index (χ3n) is 3.16. The van der Waals surface area contributed by atoms with Crippen LogP contribution in [-0.2, 0) is 0 Å². The van der Waals surface area contributed by atoms with Crippen LogP contribution in [0.3, 0.4) is 0 Å². The van der Waals surface area contributed by atoms with E-state index in [0.29, 0.717) is 11.3 Å². The highest BCUT2D eigenvalue weighted by atomic mass is 32.2. The van der Waals surface area contributed by atoms with E-state index in [2.05, 4.69) is 4.98 Å². The predicted octanol–water partition coefficient (Wildman–Crippen LogP) is 1.55. The molecule has 0 N–H and O–H groups in total. The Kier molecular flexibility index (Phi) is 2.35. The maximum Gasteiger partial charge on any atom is 0.257 e. The van der Waals surface area contributed by atoms with E-state index in [4.69, 9.17) is 0 Å². The Morgan fingerprint density at radius 1 is 1.62 bits per heavy atom. The van der Waals surface area contributed by atoms with Crippen molar-refractivity contribution < 1.29 is 9.18 Å². The molecule has 2 aliphatic heterocycles. The first-order chi connectivity index (χ1) is 7.75. The molecule has 0 unspecified atom stereocenters. The third-order valence-corrected chi connectivity index (χ3v) is 4.55. The summed E-state index contributed by atoms with van der Waals surface area (Å²) in [5.41, 5.74) is 0.146. The minimum Gasteiger partial charge on any atom is -0.334 e. The Labute approximate surface area is 97.0 Å². The van der Waals surface area contributed by atoms with E-state index < -0.39 is 5.82 Å². The maximum atomic E-state index is 13.4. The number of nitrogens with zero attached hydrogens (tertiary/aromatic N) is 2. The normalized spacial score (nSPS) is 27.4. The molecule has 1 amide bonds. The van der Waals surface area contributed by atoms with Crippen LogP contribution in [0, 0.1) is 5.82 Å². The number of hydrogen-bond donors (Lipinski definition) is 0. The van der Waals surface area contributed by atoms with Crippen LogP contribution in [-0.4, -0.2) is 39.4 Å². The molecule has 0 aromatic carbocycles. The van der Waals surface area contributed by atoms with E-state index in [1.807, 2.05) is 11.8 Å². The Bertz CT molecular complexity index is 440. The second-order valence-corrected chi connectivity index (χ2v) is 5.49. The molecule has 84 valence electrons. The fourth-order valence-corrected chi connectivity index (χ4v) is 3.79. The molecule has 3 nitrogen and oxygen atoms in total. The van der Waals surface area contributed by atoms with Gasteiger partial charge in [0.25, 0.3) is 5.91 Å². The zero-order valence-electron chi connectivity index (χ0n) is 8.60. The molecule has 0 radical (unpaired) electrons. The van der Waals surface area contributed by atoms with Gasteiger partial charge in [-0.2, -0.15) is 11.8 Å². The van der Waals surface area contributed by atoms with Crippen molar-refractivity contribution in [1.29, 1.82) is 0 Å². The zero-order valence-corrected chi connectivity index (χ0v) is 9.41. The first-order valence-electron chi connectivity index (χ1n) is 5.28. The lowest BCUT2D eigenvalue weighted by atomic mass is 10.2. The molecule has 1 aromatic heterocycles. The van der Waals surface area contributed by atoms with Crippen LogP contribution in [0.25, 0.3) is 0 Å². The number of carbonyl (C=O) groups excluding carboxylic acids is 1. The smallest absolute Gasteiger partial charge is 0.257 e. The molecular formula is C11H11FN2OS. The average Bonchev–Trinajstić information content (AvgIpc) is 2.90. The van der Waals surface area contributed by atoms with Gasteiger partial charge in [-0.25, -0.2) is 4.39 Å². The molecule has 3 rings (SSSR count). The van der Waals surface area contributed by atoms with E-state index in [1.165, 1.54) is 12.3 Å². The number of likely N-dealkylation sites (tertiary alicyclic amines) is 1. The zero-order chi connectivity index (χ0) is 11.1. The standard InChI is InChI=1S/C11H11FN2OS/c12-10-4-13-2-1-9(10)11(15)14-5-8-3-7(14)6-16-8/h1-2,4,7-8H,3,5-6H2/t7-,8+/m0/s1. The van der Waals surface area contributed by atoms with Crippen molar-refractivity contribution in [3.8, 4) is 0 Å². The van der Waals surface area contributed by atoms with Crippen molar-refractivity contribution in [2.24, 2.45) is 0 Å².